The van der Waals surface area contributed by atoms with Crippen LogP contribution in [0.2, 0.25) is 0 Å². The van der Waals surface area contributed by atoms with Gasteiger partial charge in [0.15, 0.2) is 5.69 Å². The van der Waals surface area contributed by atoms with Gasteiger partial charge in [0.2, 0.25) is 15.9 Å². The Morgan fingerprint density at radius 1 is 1.24 bits per heavy atom. The molecule has 1 saturated heterocycles. The Kier molecular flexibility index (Phi) is 8.42. The van der Waals surface area contributed by atoms with Gasteiger partial charge < -0.3 is 9.64 Å². The summed E-state index contributed by atoms with van der Waals surface area (Å²) < 4.78 is 72.6. The molecular weight excluding hydrogens is 513 g/mol. The van der Waals surface area contributed by atoms with E-state index in [9.17, 15) is 36.4 Å². The summed E-state index contributed by atoms with van der Waals surface area (Å²) in [5.74, 6) is -3.28. The van der Waals surface area contributed by atoms with Crippen LogP contribution in [0.1, 0.15) is 52.5 Å². The van der Waals surface area contributed by atoms with Crippen LogP contribution in [0.3, 0.4) is 0 Å². The molecule has 0 spiro atoms. The molecule has 0 saturated carbocycles. The first-order valence-electron chi connectivity index (χ1n) is 11.4. The minimum absolute atomic E-state index is 0.0493. The Morgan fingerprint density at radius 3 is 2.49 bits per heavy atom. The molecular formula is C24H25F3N4O5S. The molecule has 2 heterocycles. The number of aryl methyl sites for hydroxylation is 1. The molecule has 198 valence electrons. The number of hydrogen-bond acceptors (Lipinski definition) is 8. The van der Waals surface area contributed by atoms with Crippen LogP contribution >= 0.6 is 0 Å². The van der Waals surface area contributed by atoms with E-state index in [2.05, 4.69) is 14.4 Å². The molecule has 9 nitrogen and oxygen atoms in total. The van der Waals surface area contributed by atoms with Gasteiger partial charge in [0.05, 0.1) is 23.5 Å². The largest absolute Gasteiger partial charge is 0.462 e. The predicted molar refractivity (Wildman–Crippen MR) is 127 cm³/mol. The first kappa shape index (κ1) is 27.9. The van der Waals surface area contributed by atoms with E-state index in [4.69, 9.17) is 0 Å². The number of nitrogens with one attached hydrogen (secondary N) is 1. The Labute approximate surface area is 212 Å². The molecule has 3 rings (SSSR count). The maximum atomic E-state index is 13.7. The van der Waals surface area contributed by atoms with E-state index < -0.39 is 45.3 Å². The van der Waals surface area contributed by atoms with Gasteiger partial charge in [-0.25, -0.2) is 18.2 Å². The van der Waals surface area contributed by atoms with Crippen molar-refractivity contribution in [3.63, 3.8) is 0 Å². The van der Waals surface area contributed by atoms with Gasteiger partial charge in [-0.1, -0.05) is 29.8 Å². The fourth-order valence-corrected chi connectivity index (χ4v) is 5.22. The highest BCUT2D eigenvalue weighted by Gasteiger charge is 2.40. The number of pyridine rings is 1. The summed E-state index contributed by atoms with van der Waals surface area (Å²) in [5.41, 5.74) is -1.18. The number of nitriles is 1. The number of hydrogen-bond donors (Lipinski definition) is 1. The number of piperidine rings is 1. The van der Waals surface area contributed by atoms with Crippen LogP contribution in [0.25, 0.3) is 0 Å². The zero-order valence-electron chi connectivity index (χ0n) is 20.1. The topological polar surface area (TPSA) is 129 Å². The number of carbonyl (C=O) groups is 2. The molecule has 0 bridgehead atoms. The van der Waals surface area contributed by atoms with Gasteiger partial charge in [-0.05, 0) is 38.3 Å². The molecule has 1 aromatic heterocycles. The lowest BCUT2D eigenvalue weighted by molar-refractivity contribution is -0.141. The Hall–Kier alpha value is -3.66. The number of benzene rings is 1. The third-order valence-corrected chi connectivity index (χ3v) is 6.97. The molecule has 1 aliphatic heterocycles. The van der Waals surface area contributed by atoms with Crippen LogP contribution < -0.4 is 9.62 Å². The van der Waals surface area contributed by atoms with E-state index in [-0.39, 0.29) is 49.7 Å². The molecule has 2 aromatic rings. The van der Waals surface area contributed by atoms with E-state index in [1.807, 2.05) is 13.0 Å². The summed E-state index contributed by atoms with van der Waals surface area (Å²) >= 11 is 0. The van der Waals surface area contributed by atoms with Gasteiger partial charge in [-0.2, -0.15) is 18.4 Å². The second-order valence-electron chi connectivity index (χ2n) is 8.56. The van der Waals surface area contributed by atoms with Gasteiger partial charge in [0.1, 0.15) is 11.9 Å². The fourth-order valence-electron chi connectivity index (χ4n) is 4.05. The maximum absolute atomic E-state index is 13.7. The van der Waals surface area contributed by atoms with E-state index in [0.29, 0.717) is 5.56 Å². The van der Waals surface area contributed by atoms with E-state index in [0.717, 1.165) is 11.6 Å². The van der Waals surface area contributed by atoms with Crippen LogP contribution in [0.4, 0.5) is 19.0 Å². The normalized spacial score (nSPS) is 14.6. The monoisotopic (exact) mass is 538 g/mol. The number of nitrogens with zero attached hydrogens (tertiary/aromatic N) is 3. The van der Waals surface area contributed by atoms with Crippen LogP contribution in [0.5, 0.6) is 0 Å². The van der Waals surface area contributed by atoms with Crippen molar-refractivity contribution in [3.05, 3.63) is 58.3 Å². The van der Waals surface area contributed by atoms with Gasteiger partial charge in [-0.3, -0.25) is 9.52 Å². The Bertz CT molecular complexity index is 1330. The van der Waals surface area contributed by atoms with Crippen molar-refractivity contribution in [2.45, 2.75) is 38.6 Å². The van der Waals surface area contributed by atoms with Crippen LogP contribution in [-0.4, -0.2) is 45.0 Å². The molecule has 0 atom stereocenters. The Morgan fingerprint density at radius 2 is 1.92 bits per heavy atom. The summed E-state index contributed by atoms with van der Waals surface area (Å²) in [5, 5.41) is 9.50. The SMILES string of the molecule is CCOC(=O)c1cc(C#N)c(N2CCC(C(=O)NS(=O)(=O)Cc3cccc(C)c3)CC2)nc1C(F)(F)F. The van der Waals surface area contributed by atoms with Crippen molar-refractivity contribution in [1.29, 1.82) is 5.26 Å². The Balaban J connectivity index is 1.74. The molecule has 1 fully saturated rings. The fraction of sp³-hybridized carbons (Fsp3) is 0.417. The number of rotatable bonds is 7. The quantitative estimate of drug-likeness (QED) is 0.532. The number of carbonyl (C=O) groups excluding carboxylic acids is 2. The first-order chi connectivity index (χ1) is 17.3. The minimum atomic E-state index is -4.98. The maximum Gasteiger partial charge on any atom is 0.434 e. The van der Waals surface area contributed by atoms with E-state index in [1.165, 1.54) is 11.8 Å². The first-order valence-corrected chi connectivity index (χ1v) is 13.0. The highest BCUT2D eigenvalue weighted by atomic mass is 32.2. The number of amides is 1. The number of alkyl halides is 3. The number of anilines is 1. The number of esters is 1. The molecule has 1 amide bonds. The van der Waals surface area contributed by atoms with Crippen molar-refractivity contribution in [2.75, 3.05) is 24.6 Å². The van der Waals surface area contributed by atoms with Crippen LogP contribution in [0.15, 0.2) is 30.3 Å². The standard InChI is InChI=1S/C24H25F3N4O5S/c1-3-36-23(33)19-12-18(13-28)21(29-20(19)24(25,26)27)31-9-7-17(8-10-31)22(32)30-37(34,35)14-16-6-4-5-15(2)11-16/h4-6,11-12,17H,3,7-10,14H2,1-2H3,(H,30,32). The molecule has 1 aliphatic rings. The number of aromatic nitrogens is 1. The zero-order valence-corrected chi connectivity index (χ0v) is 20.9. The molecule has 37 heavy (non-hydrogen) atoms. The van der Waals surface area contributed by atoms with Crippen molar-refractivity contribution in [1.82, 2.24) is 9.71 Å². The minimum Gasteiger partial charge on any atom is -0.462 e. The third-order valence-electron chi connectivity index (χ3n) is 5.75. The van der Waals surface area contributed by atoms with Crippen LogP contribution in [-0.2, 0) is 31.5 Å². The number of ether oxygens (including phenoxy) is 1. The zero-order chi connectivity index (χ0) is 27.4. The molecule has 0 aliphatic carbocycles. The highest BCUT2D eigenvalue weighted by molar-refractivity contribution is 7.89. The average molecular weight is 539 g/mol. The van der Waals surface area contributed by atoms with E-state index >= 15 is 0 Å². The predicted octanol–water partition coefficient (Wildman–Crippen LogP) is 3.32. The lowest BCUT2D eigenvalue weighted by Gasteiger charge is -2.33. The van der Waals surface area contributed by atoms with Crippen molar-refractivity contribution < 1.29 is 35.9 Å². The van der Waals surface area contributed by atoms with Gasteiger partial charge in [0.25, 0.3) is 0 Å². The summed E-state index contributed by atoms with van der Waals surface area (Å²) in [6.45, 7) is 3.20. The second kappa shape index (κ2) is 11.2. The smallest absolute Gasteiger partial charge is 0.434 e. The summed E-state index contributed by atoms with van der Waals surface area (Å²) in [6, 6.07) is 9.43. The third kappa shape index (κ3) is 6.97. The highest BCUT2D eigenvalue weighted by Crippen LogP contribution is 2.35. The molecule has 1 N–H and O–H groups in total. The van der Waals surface area contributed by atoms with Gasteiger partial charge >= 0.3 is 12.1 Å². The summed E-state index contributed by atoms with van der Waals surface area (Å²) in [7, 11) is -3.95. The summed E-state index contributed by atoms with van der Waals surface area (Å²) in [6.07, 6.45) is -4.73. The average Bonchev–Trinajstić information content (AvgIpc) is 2.82. The van der Waals surface area contributed by atoms with Crippen molar-refractivity contribution in [2.24, 2.45) is 5.92 Å². The lowest BCUT2D eigenvalue weighted by Crippen LogP contribution is -2.43. The molecule has 1 aromatic carbocycles. The van der Waals surface area contributed by atoms with E-state index in [1.54, 1.807) is 24.3 Å². The lowest BCUT2D eigenvalue weighted by atomic mass is 9.96. The van der Waals surface area contributed by atoms with Gasteiger partial charge in [0, 0.05) is 19.0 Å². The summed E-state index contributed by atoms with van der Waals surface area (Å²) in [4.78, 5) is 29.7. The van der Waals surface area contributed by atoms with Crippen molar-refractivity contribution >= 4 is 27.7 Å². The number of halogens is 3. The molecule has 0 radical (unpaired) electrons. The van der Waals surface area contributed by atoms with Gasteiger partial charge in [-0.15, -0.1) is 0 Å². The van der Waals surface area contributed by atoms with Crippen molar-refractivity contribution in [3.8, 4) is 6.07 Å². The molecule has 0 unspecified atom stereocenters. The molecule has 13 heteroatoms. The second-order valence-corrected chi connectivity index (χ2v) is 10.3. The van der Waals surface area contributed by atoms with Crippen LogP contribution in [0, 0.1) is 24.2 Å². The number of sulfonamides is 1.